The van der Waals surface area contributed by atoms with Crippen molar-refractivity contribution in [3.05, 3.63) is 35.5 Å². The zero-order valence-electron chi connectivity index (χ0n) is 10.3. The molecular formula is C14H14ClN3O. The molecule has 1 fully saturated rings. The average molecular weight is 276 g/mol. The lowest BCUT2D eigenvalue weighted by atomic mass is 10.1. The van der Waals surface area contributed by atoms with E-state index in [1.54, 1.807) is 18.3 Å². The van der Waals surface area contributed by atoms with Crippen LogP contribution in [0.4, 0.5) is 5.69 Å². The van der Waals surface area contributed by atoms with E-state index in [1.165, 1.54) is 0 Å². The van der Waals surface area contributed by atoms with Crippen LogP contribution in [0.1, 0.15) is 12.8 Å². The normalized spacial score (nSPS) is 16.3. The summed E-state index contributed by atoms with van der Waals surface area (Å²) in [4.78, 5) is 16.5. The van der Waals surface area contributed by atoms with Crippen LogP contribution in [0.3, 0.4) is 0 Å². The van der Waals surface area contributed by atoms with Gasteiger partial charge in [0.05, 0.1) is 21.6 Å². The Kier molecular flexibility index (Phi) is 2.92. The van der Waals surface area contributed by atoms with Gasteiger partial charge in [0, 0.05) is 18.1 Å². The molecule has 0 spiro atoms. The molecule has 19 heavy (non-hydrogen) atoms. The van der Waals surface area contributed by atoms with E-state index >= 15 is 0 Å². The molecule has 0 radical (unpaired) electrons. The molecule has 4 nitrogen and oxygen atoms in total. The first-order valence-electron chi connectivity index (χ1n) is 6.21. The van der Waals surface area contributed by atoms with Crippen LogP contribution in [0.15, 0.2) is 30.5 Å². The summed E-state index contributed by atoms with van der Waals surface area (Å²) in [6, 6.07) is 7.27. The van der Waals surface area contributed by atoms with Gasteiger partial charge in [0.2, 0.25) is 5.91 Å². The Bertz CT molecular complexity index is 652. The van der Waals surface area contributed by atoms with Crippen LogP contribution in [0.25, 0.3) is 10.9 Å². The number of amides is 1. The number of nitrogens with one attached hydrogen (secondary N) is 1. The van der Waals surface area contributed by atoms with E-state index in [1.807, 2.05) is 12.1 Å². The molecule has 3 N–H and O–H groups in total. The molecule has 1 aromatic heterocycles. The minimum Gasteiger partial charge on any atom is -0.329 e. The highest BCUT2D eigenvalue weighted by Crippen LogP contribution is 2.45. The Morgan fingerprint density at radius 2 is 2.21 bits per heavy atom. The Labute approximate surface area is 116 Å². The predicted molar refractivity (Wildman–Crippen MR) is 76.1 cm³/mol. The summed E-state index contributed by atoms with van der Waals surface area (Å²) in [6.07, 6.45) is 3.40. The second-order valence-electron chi connectivity index (χ2n) is 4.93. The van der Waals surface area contributed by atoms with Crippen LogP contribution in [0.5, 0.6) is 0 Å². The minimum absolute atomic E-state index is 0.0116. The van der Waals surface area contributed by atoms with Gasteiger partial charge >= 0.3 is 0 Å². The van der Waals surface area contributed by atoms with E-state index in [4.69, 9.17) is 17.3 Å². The number of halogens is 1. The SMILES string of the molecule is NCC1(C(=O)Nc2ccc(Cl)c3ncccc23)CC1. The Hall–Kier alpha value is -1.65. The largest absolute Gasteiger partial charge is 0.329 e. The third kappa shape index (κ3) is 2.07. The third-order valence-electron chi connectivity index (χ3n) is 3.69. The number of carbonyl (C=O) groups excluding carboxylic acids is 1. The fourth-order valence-corrected chi connectivity index (χ4v) is 2.39. The standard InChI is InChI=1S/C14H14ClN3O/c15-10-3-4-11(9-2-1-7-17-12(9)10)18-13(19)14(8-16)5-6-14/h1-4,7H,5-6,8,16H2,(H,18,19). The van der Waals surface area contributed by atoms with Gasteiger partial charge in [-0.05, 0) is 37.1 Å². The predicted octanol–water partition coefficient (Wildman–Crippen LogP) is 2.57. The average Bonchev–Trinajstić information content (AvgIpc) is 3.23. The van der Waals surface area contributed by atoms with Gasteiger partial charge in [-0.15, -0.1) is 0 Å². The van der Waals surface area contributed by atoms with Crippen molar-refractivity contribution in [1.82, 2.24) is 4.98 Å². The lowest BCUT2D eigenvalue weighted by molar-refractivity contribution is -0.120. The topological polar surface area (TPSA) is 68.0 Å². The molecule has 1 aliphatic rings. The molecule has 98 valence electrons. The van der Waals surface area contributed by atoms with Crippen LogP contribution >= 0.6 is 11.6 Å². The number of anilines is 1. The number of carbonyl (C=O) groups is 1. The van der Waals surface area contributed by atoms with Crippen LogP contribution < -0.4 is 11.1 Å². The van der Waals surface area contributed by atoms with E-state index < -0.39 is 0 Å². The summed E-state index contributed by atoms with van der Waals surface area (Å²) in [5.41, 5.74) is 6.73. The molecule has 0 saturated heterocycles. The van der Waals surface area contributed by atoms with Gasteiger partial charge in [-0.2, -0.15) is 0 Å². The molecule has 5 heteroatoms. The number of aromatic nitrogens is 1. The molecular weight excluding hydrogens is 262 g/mol. The molecule has 1 aromatic carbocycles. The second-order valence-corrected chi connectivity index (χ2v) is 5.34. The summed E-state index contributed by atoms with van der Waals surface area (Å²) in [5.74, 6) is -0.0116. The Morgan fingerprint density at radius 3 is 2.89 bits per heavy atom. The van der Waals surface area contributed by atoms with Crippen LogP contribution in [-0.2, 0) is 4.79 Å². The van der Waals surface area contributed by atoms with Crippen molar-refractivity contribution >= 4 is 34.1 Å². The number of nitrogens with two attached hydrogens (primary N) is 1. The molecule has 0 bridgehead atoms. The maximum absolute atomic E-state index is 12.2. The van der Waals surface area contributed by atoms with Gasteiger partial charge < -0.3 is 11.1 Å². The van der Waals surface area contributed by atoms with Gasteiger partial charge in [-0.1, -0.05) is 11.6 Å². The van der Waals surface area contributed by atoms with Crippen LogP contribution in [0, 0.1) is 5.41 Å². The van der Waals surface area contributed by atoms with Crippen molar-refractivity contribution < 1.29 is 4.79 Å². The molecule has 1 aliphatic carbocycles. The van der Waals surface area contributed by atoms with E-state index in [-0.39, 0.29) is 11.3 Å². The number of benzene rings is 1. The van der Waals surface area contributed by atoms with Gasteiger partial charge in [0.1, 0.15) is 0 Å². The second kappa shape index (κ2) is 4.47. The quantitative estimate of drug-likeness (QED) is 0.905. The van der Waals surface area contributed by atoms with Gasteiger partial charge in [0.25, 0.3) is 0 Å². The lowest BCUT2D eigenvalue weighted by Crippen LogP contribution is -2.30. The zero-order chi connectivity index (χ0) is 13.5. The molecule has 0 atom stereocenters. The summed E-state index contributed by atoms with van der Waals surface area (Å²) >= 11 is 6.10. The number of hydrogen-bond acceptors (Lipinski definition) is 3. The van der Waals surface area contributed by atoms with E-state index in [0.717, 1.165) is 23.9 Å². The maximum Gasteiger partial charge on any atom is 0.231 e. The first-order chi connectivity index (χ1) is 9.16. The van der Waals surface area contributed by atoms with Gasteiger partial charge in [-0.3, -0.25) is 9.78 Å². The van der Waals surface area contributed by atoms with E-state index in [0.29, 0.717) is 17.1 Å². The summed E-state index contributed by atoms with van der Waals surface area (Å²) in [6.45, 7) is 0.391. The lowest BCUT2D eigenvalue weighted by Gasteiger charge is -2.14. The smallest absolute Gasteiger partial charge is 0.231 e. The highest BCUT2D eigenvalue weighted by Gasteiger charge is 2.48. The molecule has 0 aliphatic heterocycles. The molecule has 3 rings (SSSR count). The summed E-state index contributed by atoms with van der Waals surface area (Å²) in [5, 5.41) is 4.37. The number of rotatable bonds is 3. The number of pyridine rings is 1. The summed E-state index contributed by atoms with van der Waals surface area (Å²) < 4.78 is 0. The Balaban J connectivity index is 1.98. The molecule has 1 saturated carbocycles. The maximum atomic E-state index is 12.2. The van der Waals surface area contributed by atoms with Gasteiger partial charge in [0.15, 0.2) is 0 Å². The van der Waals surface area contributed by atoms with E-state index in [9.17, 15) is 4.79 Å². The Morgan fingerprint density at radius 1 is 1.42 bits per heavy atom. The summed E-state index contributed by atoms with van der Waals surface area (Å²) in [7, 11) is 0. The first-order valence-corrected chi connectivity index (χ1v) is 6.59. The molecule has 1 heterocycles. The van der Waals surface area contributed by atoms with Crippen LogP contribution in [0.2, 0.25) is 5.02 Å². The number of hydrogen-bond donors (Lipinski definition) is 2. The molecule has 2 aromatic rings. The minimum atomic E-state index is -0.367. The number of nitrogens with zero attached hydrogens (tertiary/aromatic N) is 1. The monoisotopic (exact) mass is 275 g/mol. The third-order valence-corrected chi connectivity index (χ3v) is 4.00. The molecule has 1 amide bonds. The highest BCUT2D eigenvalue weighted by molar-refractivity contribution is 6.35. The van der Waals surface area contributed by atoms with Crippen molar-refractivity contribution in [2.75, 3.05) is 11.9 Å². The van der Waals surface area contributed by atoms with Crippen molar-refractivity contribution in [1.29, 1.82) is 0 Å². The fraction of sp³-hybridized carbons (Fsp3) is 0.286. The van der Waals surface area contributed by atoms with Crippen molar-refractivity contribution in [2.45, 2.75) is 12.8 Å². The van der Waals surface area contributed by atoms with E-state index in [2.05, 4.69) is 10.3 Å². The van der Waals surface area contributed by atoms with Gasteiger partial charge in [-0.25, -0.2) is 0 Å². The van der Waals surface area contributed by atoms with Crippen molar-refractivity contribution in [2.24, 2.45) is 11.1 Å². The number of fused-ring (bicyclic) bond motifs is 1. The fourth-order valence-electron chi connectivity index (χ4n) is 2.18. The molecule has 0 unspecified atom stereocenters. The van der Waals surface area contributed by atoms with Crippen molar-refractivity contribution in [3.63, 3.8) is 0 Å². The first kappa shape index (κ1) is 12.4. The zero-order valence-corrected chi connectivity index (χ0v) is 11.1. The highest BCUT2D eigenvalue weighted by atomic mass is 35.5. The van der Waals surface area contributed by atoms with Crippen molar-refractivity contribution in [3.8, 4) is 0 Å². The van der Waals surface area contributed by atoms with Crippen LogP contribution in [-0.4, -0.2) is 17.4 Å².